The average Bonchev–Trinajstić information content (AvgIpc) is 2.25. The van der Waals surface area contributed by atoms with E-state index in [-0.39, 0.29) is 12.4 Å². The zero-order chi connectivity index (χ0) is 10.2. The molecule has 0 saturated heterocycles. The Morgan fingerprint density at radius 2 is 2.00 bits per heavy atom. The minimum atomic E-state index is 0.161. The third-order valence-electron chi connectivity index (χ3n) is 1.78. The Bertz CT molecular complexity index is 272. The van der Waals surface area contributed by atoms with Crippen LogP contribution in [0.15, 0.2) is 30.3 Å². The molecule has 0 bridgehead atoms. The summed E-state index contributed by atoms with van der Waals surface area (Å²) in [6, 6.07) is 9.29. The van der Waals surface area contributed by atoms with Crippen molar-refractivity contribution in [1.82, 2.24) is 0 Å². The van der Waals surface area contributed by atoms with E-state index >= 15 is 0 Å². The molecule has 1 aromatic carbocycles. The molecule has 0 radical (unpaired) electrons. The molecule has 2 nitrogen and oxygen atoms in total. The van der Waals surface area contributed by atoms with Crippen LogP contribution in [0.2, 0.25) is 0 Å². The molecular formula is C11H14O2S. The minimum absolute atomic E-state index is 0.161. The van der Waals surface area contributed by atoms with Gasteiger partial charge in [0, 0.05) is 12.2 Å². The summed E-state index contributed by atoms with van der Waals surface area (Å²) >= 11 is 1.57. The van der Waals surface area contributed by atoms with Gasteiger partial charge in [0.15, 0.2) is 5.78 Å². The van der Waals surface area contributed by atoms with E-state index in [0.717, 1.165) is 17.7 Å². The predicted molar refractivity (Wildman–Crippen MR) is 59.8 cm³/mol. The molecular weight excluding hydrogens is 196 g/mol. The molecule has 0 aliphatic carbocycles. The van der Waals surface area contributed by atoms with Crippen LogP contribution in [0, 0.1) is 0 Å². The molecule has 76 valence electrons. The average molecular weight is 210 g/mol. The normalized spacial score (nSPS) is 10.1. The van der Waals surface area contributed by atoms with Crippen LogP contribution >= 0.6 is 11.8 Å². The standard InChI is InChI=1S/C11H14O2S/c12-7-4-8-14-9-11(13)10-5-2-1-3-6-10/h1-3,5-6,12H,4,7-9H2. The fourth-order valence-electron chi connectivity index (χ4n) is 1.04. The lowest BCUT2D eigenvalue weighted by Crippen LogP contribution is -2.02. The van der Waals surface area contributed by atoms with Crippen molar-refractivity contribution in [1.29, 1.82) is 0 Å². The molecule has 14 heavy (non-hydrogen) atoms. The SMILES string of the molecule is O=C(CSCCCO)c1ccccc1. The van der Waals surface area contributed by atoms with Crippen LogP contribution in [-0.2, 0) is 0 Å². The fourth-order valence-corrected chi connectivity index (χ4v) is 1.87. The van der Waals surface area contributed by atoms with Gasteiger partial charge >= 0.3 is 0 Å². The number of aliphatic hydroxyl groups is 1. The zero-order valence-corrected chi connectivity index (χ0v) is 8.80. The number of carbonyl (C=O) groups excluding carboxylic acids is 1. The molecule has 3 heteroatoms. The van der Waals surface area contributed by atoms with Gasteiger partial charge in [-0.3, -0.25) is 4.79 Å². The first-order valence-corrected chi connectivity index (χ1v) is 5.77. The van der Waals surface area contributed by atoms with E-state index in [1.165, 1.54) is 0 Å². The second-order valence-corrected chi connectivity index (χ2v) is 4.02. The summed E-state index contributed by atoms with van der Waals surface area (Å²) in [6.45, 7) is 0.201. The van der Waals surface area contributed by atoms with E-state index in [9.17, 15) is 4.79 Å². The second-order valence-electron chi connectivity index (χ2n) is 2.92. The number of carbonyl (C=O) groups is 1. The van der Waals surface area contributed by atoms with Gasteiger partial charge in [-0.25, -0.2) is 0 Å². The Hall–Kier alpha value is -0.800. The summed E-state index contributed by atoms with van der Waals surface area (Å²) in [5.41, 5.74) is 0.768. The van der Waals surface area contributed by atoms with Crippen molar-refractivity contribution >= 4 is 17.5 Å². The highest BCUT2D eigenvalue weighted by Gasteiger charge is 2.03. The largest absolute Gasteiger partial charge is 0.396 e. The van der Waals surface area contributed by atoms with Crippen molar-refractivity contribution < 1.29 is 9.90 Å². The molecule has 0 aliphatic heterocycles. The highest BCUT2D eigenvalue weighted by atomic mass is 32.2. The van der Waals surface area contributed by atoms with Gasteiger partial charge in [-0.05, 0) is 12.2 Å². The summed E-state index contributed by atoms with van der Waals surface area (Å²) < 4.78 is 0. The van der Waals surface area contributed by atoms with E-state index in [1.54, 1.807) is 11.8 Å². The zero-order valence-electron chi connectivity index (χ0n) is 7.98. The number of rotatable bonds is 6. The first-order chi connectivity index (χ1) is 6.84. The second kappa shape index (κ2) is 6.62. The van der Waals surface area contributed by atoms with Crippen molar-refractivity contribution in [2.45, 2.75) is 6.42 Å². The number of Topliss-reactive ketones (excluding diaryl/α,β-unsaturated/α-hetero) is 1. The van der Waals surface area contributed by atoms with Crippen LogP contribution in [0.1, 0.15) is 16.8 Å². The highest BCUT2D eigenvalue weighted by Crippen LogP contribution is 2.07. The molecule has 0 heterocycles. The number of thioether (sulfide) groups is 1. The Morgan fingerprint density at radius 3 is 2.64 bits per heavy atom. The Morgan fingerprint density at radius 1 is 1.29 bits per heavy atom. The Labute approximate surface area is 88.3 Å². The van der Waals surface area contributed by atoms with Crippen LogP contribution in [0.25, 0.3) is 0 Å². The van der Waals surface area contributed by atoms with Crippen molar-refractivity contribution in [3.05, 3.63) is 35.9 Å². The number of hydrogen-bond acceptors (Lipinski definition) is 3. The van der Waals surface area contributed by atoms with Crippen LogP contribution in [0.4, 0.5) is 0 Å². The summed E-state index contributed by atoms with van der Waals surface area (Å²) in [5, 5.41) is 8.55. The molecule has 0 aromatic heterocycles. The maximum atomic E-state index is 11.5. The lowest BCUT2D eigenvalue weighted by molar-refractivity contribution is 0.102. The molecule has 0 atom stereocenters. The monoisotopic (exact) mass is 210 g/mol. The van der Waals surface area contributed by atoms with Gasteiger partial charge in [-0.2, -0.15) is 11.8 Å². The fraction of sp³-hybridized carbons (Fsp3) is 0.364. The number of benzene rings is 1. The number of aliphatic hydroxyl groups excluding tert-OH is 1. The van der Waals surface area contributed by atoms with Gasteiger partial charge in [0.2, 0.25) is 0 Å². The number of ketones is 1. The molecule has 1 rings (SSSR count). The van der Waals surface area contributed by atoms with Crippen LogP contribution in [-0.4, -0.2) is 29.0 Å². The van der Waals surface area contributed by atoms with Gasteiger partial charge < -0.3 is 5.11 Å². The third kappa shape index (κ3) is 3.94. The molecule has 0 amide bonds. The van der Waals surface area contributed by atoms with Gasteiger partial charge in [0.05, 0.1) is 5.75 Å². The van der Waals surface area contributed by atoms with Crippen LogP contribution in [0.5, 0.6) is 0 Å². The topological polar surface area (TPSA) is 37.3 Å². The Kier molecular flexibility index (Phi) is 5.33. The summed E-state index contributed by atoms with van der Waals surface area (Å²) in [6.07, 6.45) is 0.757. The van der Waals surface area contributed by atoms with E-state index in [2.05, 4.69) is 0 Å². The van der Waals surface area contributed by atoms with Crippen molar-refractivity contribution in [3.63, 3.8) is 0 Å². The molecule has 1 aromatic rings. The van der Waals surface area contributed by atoms with Crippen molar-refractivity contribution in [2.24, 2.45) is 0 Å². The maximum absolute atomic E-state index is 11.5. The first kappa shape index (κ1) is 11.3. The van der Waals surface area contributed by atoms with Gasteiger partial charge in [0.25, 0.3) is 0 Å². The third-order valence-corrected chi connectivity index (χ3v) is 2.82. The van der Waals surface area contributed by atoms with E-state index in [0.29, 0.717) is 5.75 Å². The molecule has 0 saturated carbocycles. The van der Waals surface area contributed by atoms with Crippen molar-refractivity contribution in [3.8, 4) is 0 Å². The summed E-state index contributed by atoms with van der Waals surface area (Å²) in [5.74, 6) is 1.51. The summed E-state index contributed by atoms with van der Waals surface area (Å²) in [7, 11) is 0. The van der Waals surface area contributed by atoms with Gasteiger partial charge in [-0.1, -0.05) is 30.3 Å². The van der Waals surface area contributed by atoms with Crippen LogP contribution in [0.3, 0.4) is 0 Å². The van der Waals surface area contributed by atoms with E-state index < -0.39 is 0 Å². The smallest absolute Gasteiger partial charge is 0.172 e. The van der Waals surface area contributed by atoms with Gasteiger partial charge in [0.1, 0.15) is 0 Å². The minimum Gasteiger partial charge on any atom is -0.396 e. The van der Waals surface area contributed by atoms with Crippen LogP contribution < -0.4 is 0 Å². The van der Waals surface area contributed by atoms with Crippen molar-refractivity contribution in [2.75, 3.05) is 18.1 Å². The lowest BCUT2D eigenvalue weighted by Gasteiger charge is -2.00. The molecule has 1 N–H and O–H groups in total. The first-order valence-electron chi connectivity index (χ1n) is 4.61. The molecule has 0 unspecified atom stereocenters. The van der Waals surface area contributed by atoms with Gasteiger partial charge in [-0.15, -0.1) is 0 Å². The number of hydrogen-bond donors (Lipinski definition) is 1. The lowest BCUT2D eigenvalue weighted by atomic mass is 10.2. The Balaban J connectivity index is 2.29. The maximum Gasteiger partial charge on any atom is 0.172 e. The molecule has 0 fully saturated rings. The molecule has 0 aliphatic rings. The quantitative estimate of drug-likeness (QED) is 0.576. The molecule has 0 spiro atoms. The predicted octanol–water partition coefficient (Wildman–Crippen LogP) is 1.98. The van der Waals surface area contributed by atoms with E-state index in [1.807, 2.05) is 30.3 Å². The highest BCUT2D eigenvalue weighted by molar-refractivity contribution is 7.99. The van der Waals surface area contributed by atoms with E-state index in [4.69, 9.17) is 5.11 Å². The summed E-state index contributed by atoms with van der Waals surface area (Å²) in [4.78, 5) is 11.5.